The van der Waals surface area contributed by atoms with Gasteiger partial charge in [0.05, 0.1) is 13.7 Å². The van der Waals surface area contributed by atoms with Crippen molar-refractivity contribution in [1.29, 1.82) is 0 Å². The molecule has 0 saturated heterocycles. The van der Waals surface area contributed by atoms with Gasteiger partial charge >= 0.3 is 0 Å². The molecule has 1 aromatic carbocycles. The first-order chi connectivity index (χ1) is 8.71. The van der Waals surface area contributed by atoms with E-state index in [4.69, 9.17) is 4.74 Å². The third-order valence-corrected chi connectivity index (χ3v) is 4.32. The lowest BCUT2D eigenvalue weighted by molar-refractivity contribution is 0.415. The number of nitrogens with zero attached hydrogens (tertiary/aromatic N) is 1. The summed E-state index contributed by atoms with van der Waals surface area (Å²) in [6.45, 7) is 3.14. The standard InChI is InChI=1S/C13H17BrN2OS/c1-3-4-12-8-15-13(18-12)16-10-5-9(14)6-11(7-10)17-2/h5-7,12H,3-4,8H2,1-2H3,(H,15,16). The number of amidine groups is 1. The SMILES string of the molecule is CCCC1CN=C(Nc2cc(Br)cc(OC)c2)S1. The second-order valence-corrected chi connectivity index (χ2v) is 6.38. The maximum Gasteiger partial charge on any atom is 0.161 e. The molecule has 0 radical (unpaired) electrons. The van der Waals surface area contributed by atoms with Crippen molar-refractivity contribution < 1.29 is 4.74 Å². The van der Waals surface area contributed by atoms with Crippen molar-refractivity contribution in [3.63, 3.8) is 0 Å². The first kappa shape index (κ1) is 13.7. The molecule has 0 saturated carbocycles. The van der Waals surface area contributed by atoms with Crippen molar-refractivity contribution in [2.75, 3.05) is 19.0 Å². The van der Waals surface area contributed by atoms with Crippen molar-refractivity contribution in [3.8, 4) is 5.75 Å². The quantitative estimate of drug-likeness (QED) is 0.901. The number of rotatable bonds is 4. The van der Waals surface area contributed by atoms with Crippen LogP contribution < -0.4 is 10.1 Å². The van der Waals surface area contributed by atoms with Crippen LogP contribution in [0.15, 0.2) is 27.7 Å². The van der Waals surface area contributed by atoms with Gasteiger partial charge in [-0.15, -0.1) is 0 Å². The largest absolute Gasteiger partial charge is 0.497 e. The number of hydrogen-bond acceptors (Lipinski definition) is 4. The van der Waals surface area contributed by atoms with E-state index >= 15 is 0 Å². The van der Waals surface area contributed by atoms with Crippen LogP contribution in [0.1, 0.15) is 19.8 Å². The molecule has 1 atom stereocenters. The molecule has 98 valence electrons. The van der Waals surface area contributed by atoms with E-state index in [2.05, 4.69) is 33.2 Å². The minimum absolute atomic E-state index is 0.631. The number of halogens is 1. The van der Waals surface area contributed by atoms with E-state index in [1.54, 1.807) is 7.11 Å². The lowest BCUT2D eigenvalue weighted by Crippen LogP contribution is -2.07. The molecule has 1 N–H and O–H groups in total. The highest BCUT2D eigenvalue weighted by Crippen LogP contribution is 2.29. The number of hydrogen-bond donors (Lipinski definition) is 1. The minimum atomic E-state index is 0.631. The van der Waals surface area contributed by atoms with Gasteiger partial charge in [0.1, 0.15) is 5.75 Å². The lowest BCUT2D eigenvalue weighted by Gasteiger charge is -2.09. The first-order valence-corrected chi connectivity index (χ1v) is 7.71. The smallest absolute Gasteiger partial charge is 0.161 e. The molecule has 1 unspecified atom stereocenters. The van der Waals surface area contributed by atoms with E-state index in [1.807, 2.05) is 30.0 Å². The van der Waals surface area contributed by atoms with Crippen LogP contribution in [-0.4, -0.2) is 24.1 Å². The number of nitrogens with one attached hydrogen (secondary N) is 1. The van der Waals surface area contributed by atoms with Crippen LogP contribution in [-0.2, 0) is 0 Å². The Hall–Kier alpha value is -0.680. The summed E-state index contributed by atoms with van der Waals surface area (Å²) in [5.74, 6) is 0.834. The first-order valence-electron chi connectivity index (χ1n) is 6.04. The van der Waals surface area contributed by atoms with Crippen molar-refractivity contribution >= 4 is 38.5 Å². The maximum absolute atomic E-state index is 5.24. The number of ether oxygens (including phenoxy) is 1. The summed E-state index contributed by atoms with van der Waals surface area (Å²) < 4.78 is 6.24. The number of methoxy groups -OCH3 is 1. The number of benzene rings is 1. The van der Waals surface area contributed by atoms with Crippen molar-refractivity contribution in [1.82, 2.24) is 0 Å². The highest BCUT2D eigenvalue weighted by Gasteiger charge is 2.18. The summed E-state index contributed by atoms with van der Waals surface area (Å²) in [5.41, 5.74) is 1.00. The Morgan fingerprint density at radius 2 is 2.33 bits per heavy atom. The van der Waals surface area contributed by atoms with E-state index < -0.39 is 0 Å². The highest BCUT2D eigenvalue weighted by molar-refractivity contribution is 9.10. The predicted octanol–water partition coefficient (Wildman–Crippen LogP) is 4.14. The van der Waals surface area contributed by atoms with Crippen LogP contribution in [0.4, 0.5) is 5.69 Å². The second-order valence-electron chi connectivity index (χ2n) is 4.18. The maximum atomic E-state index is 5.24. The zero-order valence-corrected chi connectivity index (χ0v) is 13.0. The number of thioether (sulfide) groups is 1. The molecule has 2 rings (SSSR count). The Labute approximate surface area is 121 Å². The fourth-order valence-electron chi connectivity index (χ4n) is 1.83. The monoisotopic (exact) mass is 328 g/mol. The Balaban J connectivity index is 2.00. The average molecular weight is 329 g/mol. The van der Waals surface area contributed by atoms with Gasteiger partial charge in [-0.1, -0.05) is 41.0 Å². The van der Waals surface area contributed by atoms with E-state index in [0.717, 1.165) is 27.6 Å². The molecule has 1 heterocycles. The van der Waals surface area contributed by atoms with Gasteiger partial charge in [-0.2, -0.15) is 0 Å². The Morgan fingerprint density at radius 1 is 1.50 bits per heavy atom. The average Bonchev–Trinajstić information content (AvgIpc) is 2.76. The summed E-state index contributed by atoms with van der Waals surface area (Å²) >= 11 is 5.31. The third-order valence-electron chi connectivity index (χ3n) is 2.69. The molecule has 0 aliphatic carbocycles. The molecular formula is C13H17BrN2OS. The van der Waals surface area contributed by atoms with Crippen molar-refractivity contribution in [2.24, 2.45) is 4.99 Å². The molecule has 18 heavy (non-hydrogen) atoms. The topological polar surface area (TPSA) is 33.6 Å². The van der Waals surface area contributed by atoms with Crippen LogP contribution in [0.3, 0.4) is 0 Å². The molecule has 1 aliphatic rings. The summed E-state index contributed by atoms with van der Waals surface area (Å²) in [6, 6.07) is 5.94. The van der Waals surface area contributed by atoms with Gasteiger partial charge in [-0.25, -0.2) is 0 Å². The number of aliphatic imine (C=N–C) groups is 1. The molecule has 0 amide bonds. The second kappa shape index (κ2) is 6.48. The molecule has 1 aliphatic heterocycles. The van der Waals surface area contributed by atoms with Crippen LogP contribution in [0.2, 0.25) is 0 Å². The zero-order valence-electron chi connectivity index (χ0n) is 10.6. The summed E-state index contributed by atoms with van der Waals surface area (Å²) in [4.78, 5) is 4.53. The van der Waals surface area contributed by atoms with E-state index in [1.165, 1.54) is 12.8 Å². The van der Waals surface area contributed by atoms with E-state index in [0.29, 0.717) is 5.25 Å². The molecule has 0 aromatic heterocycles. The van der Waals surface area contributed by atoms with Gasteiger partial charge in [0, 0.05) is 21.5 Å². The van der Waals surface area contributed by atoms with Gasteiger partial charge in [-0.05, 0) is 18.6 Å². The predicted molar refractivity (Wildman–Crippen MR) is 82.9 cm³/mol. The van der Waals surface area contributed by atoms with Gasteiger partial charge < -0.3 is 10.1 Å². The number of anilines is 1. The van der Waals surface area contributed by atoms with Crippen molar-refractivity contribution in [3.05, 3.63) is 22.7 Å². The Morgan fingerprint density at radius 3 is 3.06 bits per heavy atom. The van der Waals surface area contributed by atoms with Gasteiger partial charge in [-0.3, -0.25) is 4.99 Å². The van der Waals surface area contributed by atoms with Crippen LogP contribution >= 0.6 is 27.7 Å². The van der Waals surface area contributed by atoms with Gasteiger partial charge in [0.15, 0.2) is 5.17 Å². The molecule has 0 spiro atoms. The molecule has 0 bridgehead atoms. The molecular weight excluding hydrogens is 312 g/mol. The van der Waals surface area contributed by atoms with E-state index in [9.17, 15) is 0 Å². The van der Waals surface area contributed by atoms with E-state index in [-0.39, 0.29) is 0 Å². The summed E-state index contributed by atoms with van der Waals surface area (Å²) in [6.07, 6.45) is 2.44. The summed E-state index contributed by atoms with van der Waals surface area (Å²) in [7, 11) is 1.67. The van der Waals surface area contributed by atoms with Crippen molar-refractivity contribution in [2.45, 2.75) is 25.0 Å². The zero-order chi connectivity index (χ0) is 13.0. The third kappa shape index (κ3) is 3.65. The fourth-order valence-corrected chi connectivity index (χ4v) is 3.45. The minimum Gasteiger partial charge on any atom is -0.497 e. The van der Waals surface area contributed by atoms with Crippen LogP contribution in [0, 0.1) is 0 Å². The molecule has 5 heteroatoms. The Kier molecular flexibility index (Phi) is 4.95. The van der Waals surface area contributed by atoms with Crippen LogP contribution in [0.25, 0.3) is 0 Å². The fraction of sp³-hybridized carbons (Fsp3) is 0.462. The summed E-state index contributed by atoms with van der Waals surface area (Å²) in [5, 5.41) is 4.99. The molecule has 1 aromatic rings. The van der Waals surface area contributed by atoms with Gasteiger partial charge in [0.25, 0.3) is 0 Å². The highest BCUT2D eigenvalue weighted by atomic mass is 79.9. The van der Waals surface area contributed by atoms with Gasteiger partial charge in [0.2, 0.25) is 0 Å². The molecule has 0 fully saturated rings. The Bertz CT molecular complexity index is 451. The van der Waals surface area contributed by atoms with Crippen LogP contribution in [0.5, 0.6) is 5.75 Å². The normalized spacial score (nSPS) is 18.6. The molecule has 3 nitrogen and oxygen atoms in total. The lowest BCUT2D eigenvalue weighted by atomic mass is 10.2.